The highest BCUT2D eigenvalue weighted by atomic mass is 15.3. The van der Waals surface area contributed by atoms with Crippen LogP contribution in [0.3, 0.4) is 0 Å². The minimum atomic E-state index is 0.354. The molecule has 0 aliphatic carbocycles. The van der Waals surface area contributed by atoms with Crippen molar-refractivity contribution in [1.82, 2.24) is 19.7 Å². The maximum atomic E-state index is 9.14. The summed E-state index contributed by atoms with van der Waals surface area (Å²) in [7, 11) is 1.80. The van der Waals surface area contributed by atoms with E-state index in [0.717, 1.165) is 5.56 Å². The fourth-order valence-electron chi connectivity index (χ4n) is 1.82. The van der Waals surface area contributed by atoms with E-state index < -0.39 is 0 Å². The lowest BCUT2D eigenvalue weighted by Crippen LogP contribution is -1.97. The molecule has 1 aromatic carbocycles. The van der Waals surface area contributed by atoms with Crippen LogP contribution in [0.15, 0.2) is 36.5 Å². The number of fused-ring (bicyclic) bond motifs is 1. The van der Waals surface area contributed by atoms with Crippen LogP contribution >= 0.6 is 0 Å². The lowest BCUT2D eigenvalue weighted by Gasteiger charge is -2.02. The highest BCUT2D eigenvalue weighted by molar-refractivity contribution is 5.81. The SMILES string of the molecule is Cn1ncc2c(C#N)nc(-c3ccccc3)nc21. The van der Waals surface area contributed by atoms with Gasteiger partial charge in [-0.15, -0.1) is 0 Å². The summed E-state index contributed by atoms with van der Waals surface area (Å²) in [6.45, 7) is 0. The first kappa shape index (κ1) is 10.4. The second-order valence-corrected chi connectivity index (χ2v) is 3.88. The van der Waals surface area contributed by atoms with Gasteiger partial charge >= 0.3 is 0 Å². The fourth-order valence-corrected chi connectivity index (χ4v) is 1.82. The predicted octanol–water partition coefficient (Wildman–Crippen LogP) is 1.90. The van der Waals surface area contributed by atoms with E-state index in [-0.39, 0.29) is 0 Å². The molecule has 0 saturated carbocycles. The summed E-state index contributed by atoms with van der Waals surface area (Å²) in [6, 6.07) is 11.7. The van der Waals surface area contributed by atoms with Crippen molar-refractivity contribution >= 4 is 11.0 Å². The molecule has 0 atom stereocenters. The van der Waals surface area contributed by atoms with Crippen molar-refractivity contribution in [1.29, 1.82) is 5.26 Å². The van der Waals surface area contributed by atoms with E-state index in [2.05, 4.69) is 21.1 Å². The standard InChI is InChI=1S/C13H9N5/c1-18-13-10(8-15-18)11(7-14)16-12(17-13)9-5-3-2-4-6-9/h2-6,8H,1H3. The van der Waals surface area contributed by atoms with E-state index in [4.69, 9.17) is 5.26 Å². The molecule has 2 heterocycles. The second-order valence-electron chi connectivity index (χ2n) is 3.88. The molecule has 0 saturated heterocycles. The molecular formula is C13H9N5. The van der Waals surface area contributed by atoms with Crippen LogP contribution in [0.5, 0.6) is 0 Å². The Bertz CT molecular complexity index is 752. The molecule has 3 aromatic rings. The van der Waals surface area contributed by atoms with Gasteiger partial charge in [0, 0.05) is 12.6 Å². The Hall–Kier alpha value is -2.74. The zero-order valence-electron chi connectivity index (χ0n) is 9.70. The molecule has 0 unspecified atom stereocenters. The van der Waals surface area contributed by atoms with Crippen molar-refractivity contribution in [3.63, 3.8) is 0 Å². The number of benzene rings is 1. The minimum absolute atomic E-state index is 0.354. The van der Waals surface area contributed by atoms with Crippen molar-refractivity contribution in [3.8, 4) is 17.5 Å². The van der Waals surface area contributed by atoms with Crippen molar-refractivity contribution < 1.29 is 0 Å². The van der Waals surface area contributed by atoms with Crippen LogP contribution in [0.2, 0.25) is 0 Å². The minimum Gasteiger partial charge on any atom is -0.250 e. The Morgan fingerprint density at radius 1 is 1.17 bits per heavy atom. The van der Waals surface area contributed by atoms with Crippen LogP contribution in [-0.4, -0.2) is 19.7 Å². The highest BCUT2D eigenvalue weighted by Crippen LogP contribution is 2.20. The second kappa shape index (κ2) is 3.93. The average Bonchev–Trinajstić information content (AvgIpc) is 2.81. The number of hydrogen-bond acceptors (Lipinski definition) is 4. The van der Waals surface area contributed by atoms with Gasteiger partial charge in [0.2, 0.25) is 0 Å². The van der Waals surface area contributed by atoms with Crippen LogP contribution in [-0.2, 0) is 7.05 Å². The molecule has 0 fully saturated rings. The topological polar surface area (TPSA) is 67.4 Å². The highest BCUT2D eigenvalue weighted by Gasteiger charge is 2.11. The zero-order chi connectivity index (χ0) is 12.5. The number of nitrogens with zero attached hydrogens (tertiary/aromatic N) is 5. The molecule has 2 aromatic heterocycles. The molecule has 18 heavy (non-hydrogen) atoms. The van der Waals surface area contributed by atoms with Gasteiger partial charge in [0.15, 0.2) is 17.2 Å². The number of aryl methyl sites for hydroxylation is 1. The monoisotopic (exact) mass is 235 g/mol. The Labute approximate surface area is 103 Å². The van der Waals surface area contributed by atoms with Gasteiger partial charge in [-0.3, -0.25) is 4.68 Å². The molecule has 0 N–H and O–H groups in total. The molecule has 5 heteroatoms. The van der Waals surface area contributed by atoms with E-state index in [1.165, 1.54) is 0 Å². The van der Waals surface area contributed by atoms with E-state index in [1.807, 2.05) is 30.3 Å². The first-order valence-corrected chi connectivity index (χ1v) is 5.45. The lowest BCUT2D eigenvalue weighted by atomic mass is 10.2. The Balaban J connectivity index is 2.32. The largest absolute Gasteiger partial charge is 0.250 e. The summed E-state index contributed by atoms with van der Waals surface area (Å²) in [6.07, 6.45) is 1.61. The van der Waals surface area contributed by atoms with Gasteiger partial charge in [-0.2, -0.15) is 10.4 Å². The molecule has 5 nitrogen and oxygen atoms in total. The fraction of sp³-hybridized carbons (Fsp3) is 0.0769. The Morgan fingerprint density at radius 3 is 2.67 bits per heavy atom. The number of aromatic nitrogens is 4. The third-order valence-electron chi connectivity index (χ3n) is 2.73. The lowest BCUT2D eigenvalue weighted by molar-refractivity contribution is 0.786. The maximum Gasteiger partial charge on any atom is 0.163 e. The van der Waals surface area contributed by atoms with Gasteiger partial charge in [-0.25, -0.2) is 9.97 Å². The molecule has 0 aliphatic heterocycles. The van der Waals surface area contributed by atoms with Crippen LogP contribution in [0.4, 0.5) is 0 Å². The van der Waals surface area contributed by atoms with E-state index in [1.54, 1.807) is 17.9 Å². The van der Waals surface area contributed by atoms with E-state index >= 15 is 0 Å². The molecule has 0 spiro atoms. The maximum absolute atomic E-state index is 9.14. The third kappa shape index (κ3) is 1.52. The molecular weight excluding hydrogens is 226 g/mol. The van der Waals surface area contributed by atoms with Gasteiger partial charge in [0.25, 0.3) is 0 Å². The van der Waals surface area contributed by atoms with Crippen molar-refractivity contribution in [2.45, 2.75) is 0 Å². The Kier molecular flexibility index (Phi) is 2.27. The third-order valence-corrected chi connectivity index (χ3v) is 2.73. The zero-order valence-corrected chi connectivity index (χ0v) is 9.70. The summed E-state index contributed by atoms with van der Waals surface area (Å²) in [4.78, 5) is 8.73. The number of nitriles is 1. The summed E-state index contributed by atoms with van der Waals surface area (Å²) in [5.41, 5.74) is 1.91. The van der Waals surface area contributed by atoms with Crippen LogP contribution in [0.25, 0.3) is 22.4 Å². The number of rotatable bonds is 1. The molecule has 86 valence electrons. The first-order valence-electron chi connectivity index (χ1n) is 5.45. The van der Waals surface area contributed by atoms with E-state index in [0.29, 0.717) is 22.6 Å². The smallest absolute Gasteiger partial charge is 0.163 e. The summed E-state index contributed by atoms with van der Waals surface area (Å²) >= 11 is 0. The Morgan fingerprint density at radius 2 is 1.94 bits per heavy atom. The van der Waals surface area contributed by atoms with Crippen LogP contribution < -0.4 is 0 Å². The van der Waals surface area contributed by atoms with Crippen molar-refractivity contribution in [3.05, 3.63) is 42.2 Å². The van der Waals surface area contributed by atoms with Gasteiger partial charge in [0.1, 0.15) is 6.07 Å². The predicted molar refractivity (Wildman–Crippen MR) is 66.5 cm³/mol. The molecule has 3 rings (SSSR count). The first-order chi connectivity index (χ1) is 8.79. The average molecular weight is 235 g/mol. The van der Waals surface area contributed by atoms with E-state index in [9.17, 15) is 0 Å². The molecule has 0 aliphatic rings. The number of hydrogen-bond donors (Lipinski definition) is 0. The van der Waals surface area contributed by atoms with Crippen LogP contribution in [0, 0.1) is 11.3 Å². The van der Waals surface area contributed by atoms with Gasteiger partial charge in [-0.1, -0.05) is 30.3 Å². The molecule has 0 amide bonds. The van der Waals surface area contributed by atoms with Crippen molar-refractivity contribution in [2.24, 2.45) is 7.05 Å². The summed E-state index contributed by atoms with van der Waals surface area (Å²) in [5.74, 6) is 0.545. The molecule has 0 bridgehead atoms. The summed E-state index contributed by atoms with van der Waals surface area (Å²) in [5, 5.41) is 13.9. The van der Waals surface area contributed by atoms with Gasteiger partial charge in [0.05, 0.1) is 11.6 Å². The van der Waals surface area contributed by atoms with Gasteiger partial charge in [-0.05, 0) is 0 Å². The van der Waals surface area contributed by atoms with Crippen molar-refractivity contribution in [2.75, 3.05) is 0 Å². The normalized spacial score (nSPS) is 10.4. The summed E-state index contributed by atoms with van der Waals surface area (Å²) < 4.78 is 1.64. The quantitative estimate of drug-likeness (QED) is 0.646. The van der Waals surface area contributed by atoms with Crippen LogP contribution in [0.1, 0.15) is 5.69 Å². The van der Waals surface area contributed by atoms with Gasteiger partial charge < -0.3 is 0 Å². The molecule has 0 radical (unpaired) electrons.